The van der Waals surface area contributed by atoms with Gasteiger partial charge in [-0.25, -0.2) is 0 Å². The molecule has 768 valence electrons. The molecule has 0 saturated carbocycles. The first-order valence-corrected chi connectivity index (χ1v) is 48.5. The van der Waals surface area contributed by atoms with Gasteiger partial charge < -0.3 is 56.8 Å². The Balaban J connectivity index is 0.000000176. The molecule has 6 saturated heterocycles. The molecule has 12 aliphatic rings. The first kappa shape index (κ1) is 65.9. The average Bonchev–Trinajstić information content (AvgIpc) is 0.664. The fraction of sp³-hybridized carbons (Fsp3) is 0.638. The van der Waals surface area contributed by atoms with Crippen molar-refractivity contribution < 1.29 is 140 Å². The number of fused-ring (bicyclic) bond motifs is 18. The number of benzene rings is 6. The van der Waals surface area contributed by atoms with Crippen LogP contribution in [0.3, 0.4) is 0 Å². The molecule has 0 aromatic heterocycles. The number of ketones is 6. The summed E-state index contributed by atoms with van der Waals surface area (Å²) >= 11 is 0. The molecule has 12 aliphatic heterocycles. The van der Waals surface area contributed by atoms with E-state index in [1.807, 2.05) is 35.8 Å². The van der Waals surface area contributed by atoms with Gasteiger partial charge in [0.1, 0.15) is 34.7 Å². The summed E-state index contributed by atoms with van der Waals surface area (Å²) < 4.78 is 377. The Morgan fingerprint density at radius 2 is 0.521 bits per heavy atom. The summed E-state index contributed by atoms with van der Waals surface area (Å²) in [5.41, 5.74) is 9.70. The number of nitrogens with zero attached hydrogens (tertiary/aromatic N) is 6. The molecule has 14 unspecified atom stereocenters. The number of ether oxygens (including phenoxy) is 12. The third-order valence-corrected chi connectivity index (χ3v) is 28.8. The molecule has 140 heavy (non-hydrogen) atoms. The summed E-state index contributed by atoms with van der Waals surface area (Å²) in [5.74, 6) is -10.8. The standard InChI is InChI=1S/2C20H29NO3.4C19H27NO3/c2*1-5-13(2)8-15-12-21-7-6-14-9-19(23-3)20(24-4)10-16(14)17(21)11-18(15)22;4*1-12(2)7-14-11-20-6-5-13-8-18(22-3)19(23-4)9-15(13)16(20)10-17(14)21/h2*9-10,13,15,17H,5-8,11-12H2,1-4H3;4*8-9,12,14,16H,5-7,10-11H2,1-4H3/i2D3,5D2,8D2,11D2,13D,15D;2D3,3D3,5D2,8D2,13D;3D3,10D2,14D;3D3,4D3;4D3;3D3. The summed E-state index contributed by atoms with van der Waals surface area (Å²) in [4.78, 5) is 90.0. The van der Waals surface area contributed by atoms with Crippen LogP contribution in [0.4, 0.5) is 0 Å². The van der Waals surface area contributed by atoms with E-state index in [1.165, 1.54) is 59.7 Å². The Kier molecular flexibility index (Phi) is 23.2. The quantitative estimate of drug-likeness (QED) is 0.0491. The molecule has 14 atom stereocenters. The highest BCUT2D eigenvalue weighted by Gasteiger charge is 2.46. The highest BCUT2D eigenvalue weighted by atomic mass is 16.5. The van der Waals surface area contributed by atoms with E-state index < -0.39 is 166 Å². The molecule has 0 N–H and O–H groups in total. The van der Waals surface area contributed by atoms with E-state index >= 15 is 0 Å². The number of carbonyl (C=O) groups excluding carboxylic acids is 6. The van der Waals surface area contributed by atoms with Crippen molar-refractivity contribution in [2.75, 3.05) is 163 Å². The topological polar surface area (TPSA) is 233 Å². The van der Waals surface area contributed by atoms with Crippen molar-refractivity contribution >= 4 is 34.7 Å². The molecular formula is C116H166N6O18. The largest absolute Gasteiger partial charge is 0.493 e. The Hall–Kier alpha value is -9.30. The fourth-order valence-electron chi connectivity index (χ4n) is 21.9. The van der Waals surface area contributed by atoms with Crippen LogP contribution in [0.5, 0.6) is 69.0 Å². The van der Waals surface area contributed by atoms with Gasteiger partial charge >= 0.3 is 0 Å². The molecule has 24 nitrogen and oxygen atoms in total. The zero-order valence-corrected chi connectivity index (χ0v) is 83.4. The van der Waals surface area contributed by atoms with E-state index in [2.05, 4.69) is 56.2 Å². The van der Waals surface area contributed by atoms with Gasteiger partial charge in [0.25, 0.3) is 0 Å². The molecule has 0 amide bonds. The summed E-state index contributed by atoms with van der Waals surface area (Å²) in [6, 6.07) is 17.1. The van der Waals surface area contributed by atoms with Gasteiger partial charge in [0.05, 0.1) is 110 Å². The third-order valence-electron chi connectivity index (χ3n) is 28.8. The lowest BCUT2D eigenvalue weighted by Crippen LogP contribution is -2.46. The summed E-state index contributed by atoms with van der Waals surface area (Å²) in [6.07, 6.45) is -9.64. The van der Waals surface area contributed by atoms with Gasteiger partial charge in [-0.05, 0) is 252 Å². The van der Waals surface area contributed by atoms with E-state index in [9.17, 15) is 28.8 Å². The zero-order valence-electron chi connectivity index (χ0n) is 123. The van der Waals surface area contributed by atoms with Crippen molar-refractivity contribution in [1.29, 1.82) is 0 Å². The molecule has 0 spiro atoms. The lowest BCUT2D eigenvalue weighted by Gasteiger charge is -2.43. The van der Waals surface area contributed by atoms with Crippen LogP contribution in [0, 0.1) is 70.9 Å². The minimum Gasteiger partial charge on any atom is -0.493 e. The molecule has 18 rings (SSSR count). The van der Waals surface area contributed by atoms with Gasteiger partial charge in [0.15, 0.2) is 69.0 Å². The van der Waals surface area contributed by atoms with Crippen molar-refractivity contribution in [1.82, 2.24) is 29.4 Å². The van der Waals surface area contributed by atoms with Gasteiger partial charge in [-0.1, -0.05) is 95.7 Å². The second-order valence-corrected chi connectivity index (χ2v) is 39.5. The highest BCUT2D eigenvalue weighted by Crippen LogP contribution is 2.51. The molecule has 0 aliphatic carbocycles. The smallest absolute Gasteiger partial charge is 0.161 e. The number of hydrogen-bond donors (Lipinski definition) is 0. The molecule has 24 heteroatoms. The Bertz CT molecular complexity index is 7040. The van der Waals surface area contributed by atoms with Gasteiger partial charge in [-0.2, -0.15) is 0 Å². The van der Waals surface area contributed by atoms with Crippen LogP contribution in [-0.2, 0) is 67.3 Å². The van der Waals surface area contributed by atoms with Crippen molar-refractivity contribution in [3.05, 3.63) is 140 Å². The predicted octanol–water partition coefficient (Wildman–Crippen LogP) is 20.2. The monoisotopic (exact) mass is 1970 g/mol. The summed E-state index contributed by atoms with van der Waals surface area (Å²) in [6.45, 7) is 16.4. The van der Waals surface area contributed by atoms with Crippen LogP contribution in [0.15, 0.2) is 72.8 Å². The van der Waals surface area contributed by atoms with Crippen LogP contribution in [0.2, 0.25) is 0 Å². The summed E-state index contributed by atoms with van der Waals surface area (Å²) in [7, 11) is -7.28. The predicted molar refractivity (Wildman–Crippen MR) is 550 cm³/mol. The second-order valence-electron chi connectivity index (χ2n) is 39.5. The van der Waals surface area contributed by atoms with Crippen molar-refractivity contribution in [3.63, 3.8) is 0 Å². The van der Waals surface area contributed by atoms with Crippen molar-refractivity contribution in [2.45, 2.75) is 247 Å². The van der Waals surface area contributed by atoms with E-state index in [0.29, 0.717) is 146 Å². The number of rotatable bonds is 26. The highest BCUT2D eigenvalue weighted by molar-refractivity contribution is 5.86. The van der Waals surface area contributed by atoms with Gasteiger partial charge in [-0.3, -0.25) is 58.2 Å². The Labute approximate surface area is 892 Å². The first-order chi connectivity index (χ1) is 82.4. The first-order valence-electron chi connectivity index (χ1n) is 68.5. The van der Waals surface area contributed by atoms with Crippen molar-refractivity contribution in [2.24, 2.45) is 70.9 Å². The van der Waals surface area contributed by atoms with Crippen LogP contribution in [0.1, 0.15) is 330 Å². The average molecular weight is 1970 g/mol. The fourth-order valence-corrected chi connectivity index (χ4v) is 21.9. The Morgan fingerprint density at radius 1 is 0.300 bits per heavy atom. The molecule has 6 aromatic carbocycles. The van der Waals surface area contributed by atoms with Crippen molar-refractivity contribution in [3.8, 4) is 69.0 Å². The number of carbonyl (C=O) groups is 6. The van der Waals surface area contributed by atoms with Crippen LogP contribution in [-0.4, -0.2) is 228 Å². The van der Waals surface area contributed by atoms with E-state index in [0.717, 1.165) is 123 Å². The molecule has 6 fully saturated rings. The SMILES string of the molecule is [2H]C([2H])([2H])Oc1cc2c(cc1OC([2H])([2H])[2H])C1CC(=O)C(CC(C)C)CN1CC2.[2H]C([2H])([2H])Oc1cc2c(cc1OC)C1CC(=O)C(C([2H])([2H])C([2H])(C([2H])([2H])[2H])C([2H])([2H])C)CN1CC2.[2H]C([2H])([2H])Oc1cc2c(cc1OC)C1CC(=O)C(CC(C)C)CN1CC2.[2H]C([2H])([2H])Oc1cc2c(cc1OC)C1N(CC2)CC([2H])(CC(C)C)C(=O)C1([2H])[2H].[2H]C([2H])([2H])Oc1cc2c(cc1OC)CCN1CC(CC(C)C)C(=O)CC21.[2H]C1([2H])C(=O)C([2H])(C([2H])([2H])C([2H])(C([2H])([2H])[2H])C([2H])([2H])C)CN2CCc3cc(OC)c(OC)cc3C21. The van der Waals surface area contributed by atoms with E-state index in [1.54, 1.807) is 48.5 Å². The molecule has 0 bridgehead atoms. The molecule has 12 heterocycles. The second kappa shape index (κ2) is 49.3. The third kappa shape index (κ3) is 25.2. The molecular weight excluding hydrogens is 1770 g/mol. The minimum absolute atomic E-state index is 0.000445. The lowest BCUT2D eigenvalue weighted by atomic mass is 9.79. The maximum atomic E-state index is 13.6. The number of methoxy groups -OCH3 is 12. The van der Waals surface area contributed by atoms with Gasteiger partial charge in [-0.15, -0.1) is 0 Å². The zero-order chi connectivity index (χ0) is 135. The summed E-state index contributed by atoms with van der Waals surface area (Å²) in [5, 5.41) is 0. The number of piperidine rings is 6. The van der Waals surface area contributed by atoms with Gasteiger partial charge in [0.2, 0.25) is 0 Å². The normalized spacial score (nSPS) is 32.1. The van der Waals surface area contributed by atoms with E-state index in [-0.39, 0.29) is 120 Å². The maximum absolute atomic E-state index is 13.6. The van der Waals surface area contributed by atoms with Crippen LogP contribution < -0.4 is 56.8 Å². The van der Waals surface area contributed by atoms with Crippen LogP contribution in [0.25, 0.3) is 0 Å². The molecule has 0 radical (unpaired) electrons. The number of hydrogen-bond acceptors (Lipinski definition) is 24. The maximum Gasteiger partial charge on any atom is 0.161 e. The van der Waals surface area contributed by atoms with Gasteiger partial charge in [0, 0.05) is 219 Å². The minimum atomic E-state index is -3.60. The van der Waals surface area contributed by atoms with E-state index in [4.69, 9.17) is 112 Å². The number of Topliss-reactive ketones (excluding diaryl/α,β-unsaturated/α-hetero) is 6. The molecule has 6 aromatic rings. The van der Waals surface area contributed by atoms with Crippen LogP contribution >= 0.6 is 0 Å². The Morgan fingerprint density at radius 3 is 0.779 bits per heavy atom. The lowest BCUT2D eigenvalue weighted by molar-refractivity contribution is -0.130.